The highest BCUT2D eigenvalue weighted by molar-refractivity contribution is 6.06. The van der Waals surface area contributed by atoms with Crippen molar-refractivity contribution in [1.82, 2.24) is 15.0 Å². The number of hydrogen-bond donors (Lipinski definition) is 0. The summed E-state index contributed by atoms with van der Waals surface area (Å²) in [5.41, 5.74) is 2.47. The normalized spacial score (nSPS) is 22.8. The van der Waals surface area contributed by atoms with Gasteiger partial charge in [-0.3, -0.25) is 4.79 Å². The molecule has 1 fully saturated rings. The molecule has 3 heterocycles. The zero-order valence-corrected chi connectivity index (χ0v) is 12.7. The highest BCUT2D eigenvalue weighted by atomic mass is 16.5. The Morgan fingerprint density at radius 2 is 1.95 bits per heavy atom. The van der Waals surface area contributed by atoms with Gasteiger partial charge in [-0.1, -0.05) is 5.16 Å². The van der Waals surface area contributed by atoms with Gasteiger partial charge in [0.05, 0.1) is 28.9 Å². The fourth-order valence-electron chi connectivity index (χ4n) is 2.90. The van der Waals surface area contributed by atoms with Gasteiger partial charge in [0, 0.05) is 18.8 Å². The van der Waals surface area contributed by atoms with Crippen molar-refractivity contribution in [1.29, 1.82) is 0 Å². The third-order valence-corrected chi connectivity index (χ3v) is 3.68. The summed E-state index contributed by atoms with van der Waals surface area (Å²) in [5, 5.41) is 4.63. The molecule has 6 heteroatoms. The summed E-state index contributed by atoms with van der Waals surface area (Å²) >= 11 is 0. The Bertz CT molecular complexity index is 685. The maximum Gasteiger partial charge on any atom is 0.258 e. The topological polar surface area (TPSA) is 68.5 Å². The van der Waals surface area contributed by atoms with E-state index >= 15 is 0 Å². The number of ether oxygens (including phenoxy) is 1. The number of rotatable bonds is 1. The van der Waals surface area contributed by atoms with Crippen LogP contribution in [-0.4, -0.2) is 46.2 Å². The van der Waals surface area contributed by atoms with Crippen molar-refractivity contribution in [2.45, 2.75) is 39.9 Å². The van der Waals surface area contributed by atoms with Crippen LogP contribution in [0, 0.1) is 13.8 Å². The van der Waals surface area contributed by atoms with Gasteiger partial charge in [-0.15, -0.1) is 0 Å². The average molecular weight is 289 g/mol. The Hall–Kier alpha value is -1.95. The van der Waals surface area contributed by atoms with E-state index in [1.54, 1.807) is 6.07 Å². The molecule has 0 spiro atoms. The number of pyridine rings is 1. The van der Waals surface area contributed by atoms with Gasteiger partial charge in [-0.05, 0) is 33.8 Å². The van der Waals surface area contributed by atoms with Crippen LogP contribution >= 0.6 is 0 Å². The highest BCUT2D eigenvalue weighted by Gasteiger charge is 2.29. The summed E-state index contributed by atoms with van der Waals surface area (Å²) in [6, 6.07) is 1.81. The molecule has 112 valence electrons. The molecule has 0 saturated carbocycles. The average Bonchev–Trinajstić information content (AvgIpc) is 2.77. The maximum atomic E-state index is 12.9. The largest absolute Gasteiger partial charge is 0.372 e. The molecule has 2 aromatic heterocycles. The molecule has 21 heavy (non-hydrogen) atoms. The van der Waals surface area contributed by atoms with Crippen LogP contribution in [-0.2, 0) is 4.74 Å². The van der Waals surface area contributed by atoms with E-state index in [2.05, 4.69) is 10.1 Å². The van der Waals surface area contributed by atoms with Gasteiger partial charge in [0.2, 0.25) is 0 Å². The van der Waals surface area contributed by atoms with Gasteiger partial charge in [0.15, 0.2) is 0 Å². The SMILES string of the molecule is Cc1cc(C(=O)N2CC(C)OC(C)C2)c2c(C)noc2n1. The molecule has 1 aliphatic heterocycles. The molecule has 0 bridgehead atoms. The van der Waals surface area contributed by atoms with Crippen molar-refractivity contribution in [3.05, 3.63) is 23.0 Å². The molecule has 0 aliphatic carbocycles. The summed E-state index contributed by atoms with van der Waals surface area (Å²) in [7, 11) is 0. The number of morpholine rings is 1. The second kappa shape index (κ2) is 5.11. The zero-order valence-electron chi connectivity index (χ0n) is 12.7. The molecular weight excluding hydrogens is 270 g/mol. The Labute approximate surface area is 123 Å². The first-order valence-electron chi connectivity index (χ1n) is 7.14. The monoisotopic (exact) mass is 289 g/mol. The van der Waals surface area contributed by atoms with Gasteiger partial charge in [0.25, 0.3) is 11.6 Å². The van der Waals surface area contributed by atoms with Gasteiger partial charge < -0.3 is 14.2 Å². The van der Waals surface area contributed by atoms with Crippen LogP contribution in [0.15, 0.2) is 10.6 Å². The molecule has 0 aromatic carbocycles. The van der Waals surface area contributed by atoms with Crippen LogP contribution in [0.5, 0.6) is 0 Å². The number of carbonyl (C=O) groups is 1. The Balaban J connectivity index is 2.03. The lowest BCUT2D eigenvalue weighted by Crippen LogP contribution is -2.48. The number of aryl methyl sites for hydroxylation is 2. The van der Waals surface area contributed by atoms with Crippen LogP contribution in [0.4, 0.5) is 0 Å². The minimum atomic E-state index is -0.0150. The molecule has 1 amide bonds. The number of amides is 1. The zero-order chi connectivity index (χ0) is 15.1. The first kappa shape index (κ1) is 14.0. The van der Waals surface area contributed by atoms with Crippen molar-refractivity contribution >= 4 is 17.0 Å². The fraction of sp³-hybridized carbons (Fsp3) is 0.533. The molecule has 0 N–H and O–H groups in total. The van der Waals surface area contributed by atoms with Gasteiger partial charge in [-0.25, -0.2) is 4.98 Å². The smallest absolute Gasteiger partial charge is 0.258 e. The third-order valence-electron chi connectivity index (χ3n) is 3.68. The minimum Gasteiger partial charge on any atom is -0.372 e. The van der Waals surface area contributed by atoms with Crippen molar-refractivity contribution in [3.8, 4) is 0 Å². The molecule has 2 unspecified atom stereocenters. The molecule has 2 aromatic rings. The quantitative estimate of drug-likeness (QED) is 0.804. The van der Waals surface area contributed by atoms with Crippen LogP contribution < -0.4 is 0 Å². The van der Waals surface area contributed by atoms with Gasteiger partial charge in [0.1, 0.15) is 0 Å². The lowest BCUT2D eigenvalue weighted by Gasteiger charge is -2.35. The van der Waals surface area contributed by atoms with Crippen LogP contribution in [0.3, 0.4) is 0 Å². The number of nitrogens with zero attached hydrogens (tertiary/aromatic N) is 3. The summed E-state index contributed by atoms with van der Waals surface area (Å²) in [4.78, 5) is 19.0. The predicted octanol–water partition coefficient (Wildman–Crippen LogP) is 2.09. The summed E-state index contributed by atoms with van der Waals surface area (Å²) in [6.07, 6.45) is 0.0828. The molecular formula is C15H19N3O3. The fourth-order valence-corrected chi connectivity index (χ4v) is 2.90. The molecule has 3 rings (SSSR count). The predicted molar refractivity (Wildman–Crippen MR) is 77.2 cm³/mol. The van der Waals surface area contributed by atoms with E-state index in [0.717, 1.165) is 5.69 Å². The highest BCUT2D eigenvalue weighted by Crippen LogP contribution is 2.24. The van der Waals surface area contributed by atoms with Gasteiger partial charge >= 0.3 is 0 Å². The minimum absolute atomic E-state index is 0.0150. The van der Waals surface area contributed by atoms with Crippen molar-refractivity contribution < 1.29 is 14.1 Å². The van der Waals surface area contributed by atoms with Gasteiger partial charge in [-0.2, -0.15) is 0 Å². The van der Waals surface area contributed by atoms with E-state index in [1.807, 2.05) is 32.6 Å². The Morgan fingerprint density at radius 3 is 2.62 bits per heavy atom. The Morgan fingerprint density at radius 1 is 1.29 bits per heavy atom. The van der Waals surface area contributed by atoms with E-state index in [1.165, 1.54) is 0 Å². The number of fused-ring (bicyclic) bond motifs is 1. The van der Waals surface area contributed by atoms with Crippen LogP contribution in [0.25, 0.3) is 11.1 Å². The first-order chi connectivity index (χ1) is 9.95. The molecule has 6 nitrogen and oxygen atoms in total. The van der Waals surface area contributed by atoms with Crippen molar-refractivity contribution in [3.63, 3.8) is 0 Å². The number of aromatic nitrogens is 2. The van der Waals surface area contributed by atoms with E-state index in [-0.39, 0.29) is 18.1 Å². The van der Waals surface area contributed by atoms with E-state index < -0.39 is 0 Å². The second-order valence-corrected chi connectivity index (χ2v) is 5.73. The van der Waals surface area contributed by atoms with Crippen molar-refractivity contribution in [2.24, 2.45) is 0 Å². The standard InChI is InChI=1S/C15H19N3O3/c1-8-5-12(13-11(4)17-21-14(13)16-8)15(19)18-6-9(2)20-10(3)7-18/h5,9-10H,6-7H2,1-4H3. The summed E-state index contributed by atoms with van der Waals surface area (Å²) in [5.74, 6) is -0.0150. The molecule has 1 saturated heterocycles. The van der Waals surface area contributed by atoms with Crippen LogP contribution in [0.2, 0.25) is 0 Å². The number of hydrogen-bond acceptors (Lipinski definition) is 5. The van der Waals surface area contributed by atoms with Crippen molar-refractivity contribution in [2.75, 3.05) is 13.1 Å². The van der Waals surface area contributed by atoms with E-state index in [4.69, 9.17) is 9.26 Å². The molecule has 1 aliphatic rings. The summed E-state index contributed by atoms with van der Waals surface area (Å²) in [6.45, 7) is 8.82. The lowest BCUT2D eigenvalue weighted by atomic mass is 10.1. The molecule has 2 atom stereocenters. The first-order valence-corrected chi connectivity index (χ1v) is 7.14. The summed E-state index contributed by atoms with van der Waals surface area (Å²) < 4.78 is 10.9. The van der Waals surface area contributed by atoms with E-state index in [9.17, 15) is 4.79 Å². The lowest BCUT2D eigenvalue weighted by molar-refractivity contribution is -0.0585. The molecule has 0 radical (unpaired) electrons. The maximum absolute atomic E-state index is 12.9. The van der Waals surface area contributed by atoms with E-state index in [0.29, 0.717) is 35.4 Å². The Kier molecular flexibility index (Phi) is 3.41. The second-order valence-electron chi connectivity index (χ2n) is 5.73. The third kappa shape index (κ3) is 2.51. The number of carbonyl (C=O) groups excluding carboxylic acids is 1. The van der Waals surface area contributed by atoms with Crippen LogP contribution in [0.1, 0.15) is 35.6 Å².